The lowest BCUT2D eigenvalue weighted by atomic mass is 9.44. The SMILES string of the molecule is CC(C)CC(C)NC(=O)O[C@@]1(C(=O)CO)[C@@H](C)CC2C3CCC4=CC(=O)C=C[C@]4(C)C3(F)[C@@H](O)C[C@@]21C. The molecule has 8 heteroatoms. The Labute approximate surface area is 218 Å². The van der Waals surface area contributed by atoms with Crippen LogP contribution in [0.5, 0.6) is 0 Å². The van der Waals surface area contributed by atoms with Crippen LogP contribution in [0.1, 0.15) is 73.6 Å². The summed E-state index contributed by atoms with van der Waals surface area (Å²) in [4.78, 5) is 38.7. The van der Waals surface area contributed by atoms with E-state index in [-0.39, 0.29) is 24.2 Å². The van der Waals surface area contributed by atoms with Gasteiger partial charge < -0.3 is 20.3 Å². The normalized spacial score (nSPS) is 43.4. The average molecular weight is 520 g/mol. The molecule has 0 aromatic rings. The van der Waals surface area contributed by atoms with Gasteiger partial charge in [0.15, 0.2) is 17.1 Å². The van der Waals surface area contributed by atoms with Crippen LogP contribution in [0, 0.1) is 34.5 Å². The van der Waals surface area contributed by atoms with Gasteiger partial charge in [-0.1, -0.05) is 39.3 Å². The molecule has 0 radical (unpaired) electrons. The summed E-state index contributed by atoms with van der Waals surface area (Å²) >= 11 is 0. The van der Waals surface area contributed by atoms with Gasteiger partial charge in [-0.05, 0) is 69.9 Å². The number of allylic oxidation sites excluding steroid dienone is 4. The van der Waals surface area contributed by atoms with Crippen LogP contribution in [0.4, 0.5) is 9.18 Å². The molecule has 0 aromatic heterocycles. The van der Waals surface area contributed by atoms with Crippen molar-refractivity contribution >= 4 is 17.7 Å². The smallest absolute Gasteiger partial charge is 0.408 e. The maximum Gasteiger partial charge on any atom is 0.408 e. The number of aliphatic hydroxyl groups is 2. The van der Waals surface area contributed by atoms with E-state index in [0.29, 0.717) is 30.8 Å². The van der Waals surface area contributed by atoms with Crippen molar-refractivity contribution in [3.05, 3.63) is 23.8 Å². The Morgan fingerprint density at radius 2 is 1.92 bits per heavy atom. The number of ether oxygens (including phenoxy) is 1. The highest BCUT2D eigenvalue weighted by Gasteiger charge is 2.77. The number of hydrogen-bond acceptors (Lipinski definition) is 6. The molecule has 0 spiro atoms. The summed E-state index contributed by atoms with van der Waals surface area (Å²) in [5.74, 6) is -1.95. The third-order valence-corrected chi connectivity index (χ3v) is 10.2. The summed E-state index contributed by atoms with van der Waals surface area (Å²) in [5.41, 5.74) is -5.31. The second-order valence-electron chi connectivity index (χ2n) is 12.8. The summed E-state index contributed by atoms with van der Waals surface area (Å²) in [6, 6.07) is -0.186. The molecule has 0 bridgehead atoms. The minimum atomic E-state index is -2.05. The van der Waals surface area contributed by atoms with Crippen molar-refractivity contribution in [3.63, 3.8) is 0 Å². The molecule has 3 saturated carbocycles. The molecule has 4 aliphatic rings. The van der Waals surface area contributed by atoms with Gasteiger partial charge >= 0.3 is 6.09 Å². The minimum Gasteiger partial charge on any atom is -0.434 e. The number of halogens is 1. The summed E-state index contributed by atoms with van der Waals surface area (Å²) in [5, 5.41) is 24.4. The Bertz CT molecular complexity index is 1040. The second-order valence-corrected chi connectivity index (χ2v) is 12.8. The maximum atomic E-state index is 17.4. The van der Waals surface area contributed by atoms with Crippen molar-refractivity contribution in [1.82, 2.24) is 5.32 Å². The van der Waals surface area contributed by atoms with Crippen molar-refractivity contribution in [2.24, 2.45) is 34.5 Å². The fourth-order valence-electron chi connectivity index (χ4n) is 8.66. The predicted octanol–water partition coefficient (Wildman–Crippen LogP) is 4.06. The lowest BCUT2D eigenvalue weighted by molar-refractivity contribution is -0.219. The van der Waals surface area contributed by atoms with Gasteiger partial charge in [-0.3, -0.25) is 9.59 Å². The van der Waals surface area contributed by atoms with E-state index in [1.807, 2.05) is 27.7 Å². The zero-order valence-corrected chi connectivity index (χ0v) is 22.8. The van der Waals surface area contributed by atoms with E-state index < -0.39 is 58.5 Å². The van der Waals surface area contributed by atoms with Crippen LogP contribution in [0.25, 0.3) is 0 Å². The number of rotatable bonds is 6. The number of Topliss-reactive ketones (excluding diaryl/α,β-unsaturated/α-hetero) is 1. The van der Waals surface area contributed by atoms with Gasteiger partial charge in [0.2, 0.25) is 5.78 Å². The average Bonchev–Trinajstić information content (AvgIpc) is 3.01. The quantitative estimate of drug-likeness (QED) is 0.488. The van der Waals surface area contributed by atoms with Crippen molar-refractivity contribution in [2.75, 3.05) is 6.61 Å². The molecule has 1 amide bonds. The fraction of sp³-hybridized carbons (Fsp3) is 0.759. The molecular weight excluding hydrogens is 477 g/mol. The van der Waals surface area contributed by atoms with Gasteiger partial charge in [0, 0.05) is 28.7 Å². The number of alkyl carbamates (subject to hydrolysis) is 1. The number of carbonyl (C=O) groups excluding carboxylic acids is 3. The van der Waals surface area contributed by atoms with Crippen molar-refractivity contribution in [2.45, 2.75) is 97.1 Å². The zero-order valence-electron chi connectivity index (χ0n) is 22.8. The van der Waals surface area contributed by atoms with E-state index >= 15 is 4.39 Å². The number of nitrogens with one attached hydrogen (secondary N) is 1. The highest BCUT2D eigenvalue weighted by Crippen LogP contribution is 2.71. The molecule has 206 valence electrons. The monoisotopic (exact) mass is 519 g/mol. The molecule has 4 rings (SSSR count). The molecule has 0 heterocycles. The standard InChI is InChI=1S/C29H42FNO6/c1-16(2)11-18(4)31-25(36)37-29(24(35)15-32)17(3)12-22-21-8-7-19-13-20(33)9-10-26(19,5)28(21,30)23(34)14-27(22,29)6/h9-10,13,16-18,21-23,32,34H,7-8,11-12,14-15H2,1-6H3,(H,31,36)/t17-,18?,21?,22?,23-,26-,27-,28?,29+/m0/s1. The van der Waals surface area contributed by atoms with Crippen LogP contribution in [0.3, 0.4) is 0 Å². The number of aliphatic hydroxyl groups excluding tert-OH is 2. The molecule has 3 fully saturated rings. The van der Waals surface area contributed by atoms with E-state index in [1.54, 1.807) is 19.9 Å². The van der Waals surface area contributed by atoms with Crippen molar-refractivity contribution in [1.29, 1.82) is 0 Å². The molecule has 4 aliphatic carbocycles. The van der Waals surface area contributed by atoms with Gasteiger partial charge in [0.05, 0.1) is 6.10 Å². The number of amides is 1. The van der Waals surface area contributed by atoms with Crippen LogP contribution in [0.15, 0.2) is 23.8 Å². The molecule has 0 aliphatic heterocycles. The Morgan fingerprint density at radius 1 is 1.24 bits per heavy atom. The zero-order chi connectivity index (χ0) is 27.6. The third kappa shape index (κ3) is 3.84. The van der Waals surface area contributed by atoms with Crippen LogP contribution in [-0.2, 0) is 14.3 Å². The number of hydrogen-bond donors (Lipinski definition) is 3. The van der Waals surface area contributed by atoms with Crippen LogP contribution >= 0.6 is 0 Å². The number of ketones is 2. The van der Waals surface area contributed by atoms with E-state index in [1.165, 1.54) is 12.2 Å². The molecule has 3 N–H and O–H groups in total. The summed E-state index contributed by atoms with van der Waals surface area (Å²) in [6.07, 6.45) is 4.18. The van der Waals surface area contributed by atoms with E-state index in [4.69, 9.17) is 4.74 Å². The molecular formula is C29H42FNO6. The third-order valence-electron chi connectivity index (χ3n) is 10.2. The number of carbonyl (C=O) groups is 3. The Morgan fingerprint density at radius 3 is 2.54 bits per heavy atom. The topological polar surface area (TPSA) is 113 Å². The molecule has 0 saturated heterocycles. The molecule has 0 aromatic carbocycles. The van der Waals surface area contributed by atoms with Gasteiger partial charge in [0.1, 0.15) is 6.61 Å². The first kappa shape index (κ1) is 28.0. The number of fused-ring (bicyclic) bond motifs is 5. The van der Waals surface area contributed by atoms with Crippen LogP contribution in [-0.4, -0.2) is 57.9 Å². The van der Waals surface area contributed by atoms with Gasteiger partial charge in [0.25, 0.3) is 0 Å². The predicted molar refractivity (Wildman–Crippen MR) is 136 cm³/mol. The van der Waals surface area contributed by atoms with E-state index in [9.17, 15) is 24.6 Å². The first-order chi connectivity index (χ1) is 17.2. The van der Waals surface area contributed by atoms with E-state index in [0.717, 1.165) is 6.42 Å². The Kier molecular flexibility index (Phi) is 7.03. The lowest BCUT2D eigenvalue weighted by Gasteiger charge is -2.62. The van der Waals surface area contributed by atoms with Crippen LogP contribution in [0.2, 0.25) is 0 Å². The molecule has 9 atom stereocenters. The first-order valence-corrected chi connectivity index (χ1v) is 13.6. The molecule has 37 heavy (non-hydrogen) atoms. The number of alkyl halides is 1. The van der Waals surface area contributed by atoms with Crippen molar-refractivity contribution in [3.8, 4) is 0 Å². The second kappa shape index (κ2) is 9.30. The highest BCUT2D eigenvalue weighted by molar-refractivity contribution is 6.01. The van der Waals surface area contributed by atoms with Gasteiger partial charge in [-0.25, -0.2) is 9.18 Å². The summed E-state index contributed by atoms with van der Waals surface area (Å²) in [7, 11) is 0. The first-order valence-electron chi connectivity index (χ1n) is 13.6. The minimum absolute atomic E-state index is 0.111. The Hall–Kier alpha value is -2.06. The lowest BCUT2D eigenvalue weighted by Crippen LogP contribution is -2.70. The van der Waals surface area contributed by atoms with E-state index in [2.05, 4.69) is 5.32 Å². The fourth-order valence-corrected chi connectivity index (χ4v) is 8.66. The Balaban J connectivity index is 1.74. The molecule has 4 unspecified atom stereocenters. The maximum absolute atomic E-state index is 17.4. The van der Waals surface area contributed by atoms with Crippen LogP contribution < -0.4 is 5.32 Å². The highest BCUT2D eigenvalue weighted by atomic mass is 19.1. The van der Waals surface area contributed by atoms with Crippen molar-refractivity contribution < 1.29 is 33.7 Å². The molecule has 7 nitrogen and oxygen atoms in total. The van der Waals surface area contributed by atoms with Gasteiger partial charge in [-0.15, -0.1) is 0 Å². The largest absolute Gasteiger partial charge is 0.434 e. The van der Waals surface area contributed by atoms with Gasteiger partial charge in [-0.2, -0.15) is 0 Å². The summed E-state index contributed by atoms with van der Waals surface area (Å²) in [6.45, 7) is 10.5. The summed E-state index contributed by atoms with van der Waals surface area (Å²) < 4.78 is 23.4.